The summed E-state index contributed by atoms with van der Waals surface area (Å²) < 4.78 is 27.0. The van der Waals surface area contributed by atoms with Crippen molar-refractivity contribution in [1.82, 2.24) is 29.1 Å². The van der Waals surface area contributed by atoms with E-state index < -0.39 is 11.1 Å². The van der Waals surface area contributed by atoms with E-state index in [1.165, 1.54) is 12.5 Å². The summed E-state index contributed by atoms with van der Waals surface area (Å²) in [5.74, 6) is 0.282. The molecule has 0 bridgehead atoms. The summed E-state index contributed by atoms with van der Waals surface area (Å²) in [4.78, 5) is 26.1. The molecule has 0 aromatic carbocycles. The number of aromatic nitrogens is 6. The van der Waals surface area contributed by atoms with Crippen LogP contribution in [0.1, 0.15) is 41.0 Å². The van der Waals surface area contributed by atoms with Crippen molar-refractivity contribution in [2.24, 2.45) is 11.1 Å². The number of fused-ring (bicyclic) bond motifs is 1. The van der Waals surface area contributed by atoms with Gasteiger partial charge in [-0.05, 0) is 43.4 Å². The molecule has 0 aliphatic heterocycles. The van der Waals surface area contributed by atoms with E-state index in [1.807, 2.05) is 35.0 Å². The van der Waals surface area contributed by atoms with Gasteiger partial charge in [0, 0.05) is 30.8 Å². The van der Waals surface area contributed by atoms with Crippen molar-refractivity contribution in [1.29, 1.82) is 0 Å². The molecule has 2 atom stereocenters. The van der Waals surface area contributed by atoms with Gasteiger partial charge < -0.3 is 9.72 Å². The minimum atomic E-state index is -3.46. The third-order valence-electron chi connectivity index (χ3n) is 5.93. The van der Waals surface area contributed by atoms with E-state index in [0.717, 1.165) is 30.6 Å². The average Bonchev–Trinajstić information content (AvgIpc) is 3.57. The van der Waals surface area contributed by atoms with Gasteiger partial charge in [0.25, 0.3) is 0 Å². The van der Waals surface area contributed by atoms with Gasteiger partial charge in [0.05, 0.1) is 24.4 Å². The standard InChI is InChI=1S/C22H26N8O4S/c23-35(32,33)34-13-15-4-5-16(9-15)27-22-18(10-24-14-25-22)21(31)19-6-8-30(28-19)12-17-11-29-7-2-1-3-20(29)26-17/h1-3,6-8,10-11,14-16,32-33H,4-5,9,12-13,23H2,(H,24,25,27). The van der Waals surface area contributed by atoms with Crippen LogP contribution >= 0.6 is 11.1 Å². The second-order valence-electron chi connectivity index (χ2n) is 8.55. The number of anilines is 1. The van der Waals surface area contributed by atoms with Crippen LogP contribution in [0, 0.1) is 5.92 Å². The van der Waals surface area contributed by atoms with Gasteiger partial charge in [-0.1, -0.05) is 6.07 Å². The monoisotopic (exact) mass is 498 g/mol. The molecule has 13 heteroatoms. The van der Waals surface area contributed by atoms with E-state index in [4.69, 9.17) is 9.32 Å². The highest BCUT2D eigenvalue weighted by atomic mass is 32.3. The smallest absolute Gasteiger partial charge is 0.218 e. The highest BCUT2D eigenvalue weighted by molar-refractivity contribution is 8.18. The first-order valence-corrected chi connectivity index (χ1v) is 12.7. The maximum atomic E-state index is 13.2. The number of imidazole rings is 1. The lowest BCUT2D eigenvalue weighted by Crippen LogP contribution is -2.21. The van der Waals surface area contributed by atoms with Gasteiger partial charge in [0.15, 0.2) is 11.1 Å². The number of rotatable bonds is 9. The molecule has 12 nitrogen and oxygen atoms in total. The predicted molar refractivity (Wildman–Crippen MR) is 130 cm³/mol. The molecule has 0 spiro atoms. The third kappa shape index (κ3) is 5.66. The molecule has 0 amide bonds. The van der Waals surface area contributed by atoms with Gasteiger partial charge >= 0.3 is 0 Å². The summed E-state index contributed by atoms with van der Waals surface area (Å²) in [6, 6.07) is 7.52. The first kappa shape index (κ1) is 23.4. The van der Waals surface area contributed by atoms with Crippen molar-refractivity contribution in [3.63, 3.8) is 0 Å². The van der Waals surface area contributed by atoms with Crippen LogP contribution < -0.4 is 10.5 Å². The Morgan fingerprint density at radius 1 is 1.26 bits per heavy atom. The molecular formula is C22H26N8O4S. The fraction of sp³-hybridized carbons (Fsp3) is 0.318. The Morgan fingerprint density at radius 3 is 2.97 bits per heavy atom. The molecule has 1 fully saturated rings. The van der Waals surface area contributed by atoms with Crippen LogP contribution in [0.3, 0.4) is 0 Å². The number of pyridine rings is 1. The lowest BCUT2D eigenvalue weighted by atomic mass is 10.1. The molecule has 0 radical (unpaired) electrons. The van der Waals surface area contributed by atoms with Crippen LogP contribution in [0.4, 0.5) is 5.82 Å². The summed E-state index contributed by atoms with van der Waals surface area (Å²) >= 11 is -3.46. The number of hydrogen-bond acceptors (Lipinski definition) is 10. The zero-order valence-electron chi connectivity index (χ0n) is 18.8. The van der Waals surface area contributed by atoms with Crippen LogP contribution in [-0.2, 0) is 10.7 Å². The summed E-state index contributed by atoms with van der Waals surface area (Å²) in [5, 5.41) is 12.9. The lowest BCUT2D eigenvalue weighted by molar-refractivity contribution is 0.103. The molecule has 1 aliphatic rings. The highest BCUT2D eigenvalue weighted by Crippen LogP contribution is 2.35. The zero-order chi connectivity index (χ0) is 24.4. The van der Waals surface area contributed by atoms with Crippen molar-refractivity contribution in [3.05, 3.63) is 72.3 Å². The number of nitrogens with two attached hydrogens (primary N) is 1. The number of carbonyl (C=O) groups is 1. The molecule has 2 unspecified atom stereocenters. The van der Waals surface area contributed by atoms with Gasteiger partial charge in [0.1, 0.15) is 23.5 Å². The molecular weight excluding hydrogens is 472 g/mol. The maximum Gasteiger partial charge on any atom is 0.218 e. The van der Waals surface area contributed by atoms with Gasteiger partial charge in [0.2, 0.25) is 5.78 Å². The van der Waals surface area contributed by atoms with E-state index in [1.54, 1.807) is 16.9 Å². The Balaban J connectivity index is 1.25. The minimum absolute atomic E-state index is 0.0530. The topological polar surface area (TPSA) is 166 Å². The Labute approximate surface area is 202 Å². The van der Waals surface area contributed by atoms with Crippen molar-refractivity contribution < 1.29 is 18.1 Å². The fourth-order valence-electron chi connectivity index (χ4n) is 4.30. The average molecular weight is 499 g/mol. The predicted octanol–water partition coefficient (Wildman–Crippen LogP) is 2.74. The molecule has 4 heterocycles. The number of ketones is 1. The summed E-state index contributed by atoms with van der Waals surface area (Å²) in [5.41, 5.74) is 2.30. The van der Waals surface area contributed by atoms with Gasteiger partial charge in [-0.15, -0.1) is 0 Å². The molecule has 184 valence electrons. The van der Waals surface area contributed by atoms with Gasteiger partial charge in [-0.2, -0.15) is 5.10 Å². The molecule has 0 saturated heterocycles. The quantitative estimate of drug-likeness (QED) is 0.252. The molecule has 35 heavy (non-hydrogen) atoms. The van der Waals surface area contributed by atoms with Gasteiger partial charge in [-0.25, -0.2) is 20.1 Å². The van der Waals surface area contributed by atoms with E-state index >= 15 is 0 Å². The fourth-order valence-corrected chi connectivity index (χ4v) is 4.69. The number of nitrogens with one attached hydrogen (secondary N) is 1. The molecule has 5 rings (SSSR count). The Morgan fingerprint density at radius 2 is 2.14 bits per heavy atom. The van der Waals surface area contributed by atoms with Crippen molar-refractivity contribution in [2.45, 2.75) is 31.8 Å². The second kappa shape index (κ2) is 9.71. The second-order valence-corrected chi connectivity index (χ2v) is 9.86. The molecule has 4 aromatic heterocycles. The number of hydrogen-bond donors (Lipinski definition) is 4. The first-order chi connectivity index (χ1) is 16.8. The van der Waals surface area contributed by atoms with Crippen LogP contribution in [0.5, 0.6) is 0 Å². The maximum absolute atomic E-state index is 13.2. The van der Waals surface area contributed by atoms with Crippen LogP contribution in [0.2, 0.25) is 0 Å². The zero-order valence-corrected chi connectivity index (χ0v) is 19.6. The van der Waals surface area contributed by atoms with Crippen LogP contribution in [0.15, 0.2) is 55.4 Å². The number of carbonyl (C=O) groups excluding carboxylic acids is 1. The minimum Gasteiger partial charge on any atom is -0.367 e. The van der Waals surface area contributed by atoms with Crippen LogP contribution in [-0.4, -0.2) is 56.7 Å². The summed E-state index contributed by atoms with van der Waals surface area (Å²) in [6.07, 6.45) is 10.9. The molecule has 1 aliphatic carbocycles. The number of nitrogens with zero attached hydrogens (tertiary/aromatic N) is 6. The first-order valence-electron chi connectivity index (χ1n) is 11.1. The van der Waals surface area contributed by atoms with Crippen LogP contribution in [0.25, 0.3) is 5.65 Å². The molecule has 4 aromatic rings. The van der Waals surface area contributed by atoms with E-state index in [0.29, 0.717) is 17.9 Å². The Hall–Kier alpha value is -3.36. The lowest BCUT2D eigenvalue weighted by Gasteiger charge is -2.22. The van der Waals surface area contributed by atoms with Crippen molar-refractivity contribution >= 4 is 28.3 Å². The van der Waals surface area contributed by atoms with E-state index in [2.05, 4.69) is 25.4 Å². The largest absolute Gasteiger partial charge is 0.367 e. The van der Waals surface area contributed by atoms with E-state index in [9.17, 15) is 13.9 Å². The van der Waals surface area contributed by atoms with E-state index in [-0.39, 0.29) is 30.0 Å². The van der Waals surface area contributed by atoms with Crippen molar-refractivity contribution in [2.75, 3.05) is 11.9 Å². The summed E-state index contributed by atoms with van der Waals surface area (Å²) in [6.45, 7) is 0.598. The van der Waals surface area contributed by atoms with Crippen molar-refractivity contribution in [3.8, 4) is 0 Å². The molecule has 1 saturated carbocycles. The highest BCUT2D eigenvalue weighted by Gasteiger charge is 2.28. The Bertz CT molecular complexity index is 1300. The van der Waals surface area contributed by atoms with Gasteiger partial charge in [-0.3, -0.25) is 22.8 Å². The summed E-state index contributed by atoms with van der Waals surface area (Å²) in [7, 11) is 0. The Kier molecular flexibility index (Phi) is 6.49. The molecule has 5 N–H and O–H groups in total. The SMILES string of the molecule is NS(O)(O)OCC1CCC(Nc2ncncc2C(=O)c2ccn(Cc3cn4ccccc4n3)n2)C1. The third-order valence-corrected chi connectivity index (χ3v) is 6.41. The normalized spacial score (nSPS) is 18.7.